The molecule has 0 aliphatic carbocycles. The molecule has 35 heavy (non-hydrogen) atoms. The van der Waals surface area contributed by atoms with Gasteiger partial charge in [-0.1, -0.05) is 30.3 Å². The first-order valence-corrected chi connectivity index (χ1v) is 12.3. The minimum atomic E-state index is -1.38. The highest BCUT2D eigenvalue weighted by molar-refractivity contribution is 7.83. The van der Waals surface area contributed by atoms with E-state index in [0.717, 1.165) is 5.56 Å². The summed E-state index contributed by atoms with van der Waals surface area (Å²) < 4.78 is 33.8. The van der Waals surface area contributed by atoms with Gasteiger partial charge in [-0.3, -0.25) is 9.59 Å². The SMILES string of the molecule is CN(C(=O)c1ccc(F)cc1)C(Cc1ccccc1)C(=O)Nc1ccc(S(=O)NC2COC2)cc1. The van der Waals surface area contributed by atoms with Crippen LogP contribution in [0.5, 0.6) is 0 Å². The molecule has 1 fully saturated rings. The molecule has 3 aromatic carbocycles. The number of nitrogens with one attached hydrogen (secondary N) is 2. The van der Waals surface area contributed by atoms with Crippen molar-refractivity contribution in [3.63, 3.8) is 0 Å². The van der Waals surface area contributed by atoms with Crippen molar-refractivity contribution in [1.29, 1.82) is 0 Å². The molecule has 2 unspecified atom stereocenters. The van der Waals surface area contributed by atoms with Crippen LogP contribution in [-0.2, 0) is 26.9 Å². The summed E-state index contributed by atoms with van der Waals surface area (Å²) in [4.78, 5) is 28.3. The number of rotatable bonds is 9. The van der Waals surface area contributed by atoms with Crippen molar-refractivity contribution < 1.29 is 22.9 Å². The number of likely N-dealkylation sites (N-methyl/N-ethyl adjacent to an activating group) is 1. The van der Waals surface area contributed by atoms with Gasteiger partial charge in [-0.25, -0.2) is 13.3 Å². The number of benzene rings is 3. The van der Waals surface area contributed by atoms with Gasteiger partial charge in [0.05, 0.1) is 24.2 Å². The minimum Gasteiger partial charge on any atom is -0.378 e. The summed E-state index contributed by atoms with van der Waals surface area (Å²) in [5.41, 5.74) is 1.70. The van der Waals surface area contributed by atoms with E-state index in [1.807, 2.05) is 30.3 Å². The first kappa shape index (κ1) is 24.7. The molecule has 7 nitrogen and oxygen atoms in total. The van der Waals surface area contributed by atoms with E-state index in [2.05, 4.69) is 10.0 Å². The van der Waals surface area contributed by atoms with Crippen LogP contribution >= 0.6 is 0 Å². The van der Waals surface area contributed by atoms with Crippen LogP contribution in [0.1, 0.15) is 15.9 Å². The number of carbonyl (C=O) groups is 2. The minimum absolute atomic E-state index is 0.0724. The number of halogens is 1. The van der Waals surface area contributed by atoms with Crippen LogP contribution in [0, 0.1) is 5.82 Å². The fraction of sp³-hybridized carbons (Fsp3) is 0.231. The van der Waals surface area contributed by atoms with Gasteiger partial charge in [-0.05, 0) is 54.1 Å². The van der Waals surface area contributed by atoms with Crippen LogP contribution in [0.25, 0.3) is 0 Å². The van der Waals surface area contributed by atoms with E-state index in [1.54, 1.807) is 31.3 Å². The predicted molar refractivity (Wildman–Crippen MR) is 132 cm³/mol. The Balaban J connectivity index is 1.48. The quantitative estimate of drug-likeness (QED) is 0.478. The Hall–Kier alpha value is -3.40. The van der Waals surface area contributed by atoms with Crippen LogP contribution < -0.4 is 10.0 Å². The molecule has 0 bridgehead atoms. The molecule has 0 radical (unpaired) electrons. The monoisotopic (exact) mass is 495 g/mol. The van der Waals surface area contributed by atoms with Crippen molar-refractivity contribution >= 4 is 28.5 Å². The molecule has 0 spiro atoms. The van der Waals surface area contributed by atoms with E-state index in [1.165, 1.54) is 29.2 Å². The third-order valence-corrected chi connectivity index (χ3v) is 6.95. The van der Waals surface area contributed by atoms with Crippen LogP contribution in [0.3, 0.4) is 0 Å². The second-order valence-corrected chi connectivity index (χ2v) is 9.51. The summed E-state index contributed by atoms with van der Waals surface area (Å²) in [6, 6.07) is 20.6. The third-order valence-electron chi connectivity index (χ3n) is 5.70. The zero-order valence-electron chi connectivity index (χ0n) is 19.1. The summed E-state index contributed by atoms with van der Waals surface area (Å²) in [7, 11) is 0.179. The van der Waals surface area contributed by atoms with Gasteiger partial charge in [0.1, 0.15) is 22.8 Å². The summed E-state index contributed by atoms with van der Waals surface area (Å²) in [6.07, 6.45) is 0.297. The number of hydrogen-bond acceptors (Lipinski definition) is 4. The maximum absolute atomic E-state index is 13.3. The molecule has 2 amide bonds. The Bertz CT molecular complexity index is 1190. The highest BCUT2D eigenvalue weighted by atomic mass is 32.2. The predicted octanol–water partition coefficient (Wildman–Crippen LogP) is 3.16. The number of ether oxygens (including phenoxy) is 1. The molecule has 1 aliphatic rings. The van der Waals surface area contributed by atoms with Crippen molar-refractivity contribution in [3.8, 4) is 0 Å². The van der Waals surface area contributed by atoms with Gasteiger partial charge in [0.2, 0.25) is 5.91 Å². The van der Waals surface area contributed by atoms with Crippen molar-refractivity contribution in [2.24, 2.45) is 0 Å². The maximum atomic E-state index is 13.3. The first-order valence-electron chi connectivity index (χ1n) is 11.1. The maximum Gasteiger partial charge on any atom is 0.254 e. The van der Waals surface area contributed by atoms with Crippen LogP contribution in [0.2, 0.25) is 0 Å². The van der Waals surface area contributed by atoms with E-state index in [9.17, 15) is 18.2 Å². The summed E-state index contributed by atoms with van der Waals surface area (Å²) >= 11 is 0. The number of anilines is 1. The molecule has 1 heterocycles. The Labute approximate surface area is 205 Å². The summed E-state index contributed by atoms with van der Waals surface area (Å²) in [5.74, 6) is -1.20. The van der Waals surface area contributed by atoms with Gasteiger partial charge in [-0.15, -0.1) is 0 Å². The Morgan fingerprint density at radius 1 is 1.03 bits per heavy atom. The molecular formula is C26H26FN3O4S. The van der Waals surface area contributed by atoms with E-state index in [0.29, 0.717) is 30.2 Å². The largest absolute Gasteiger partial charge is 0.378 e. The van der Waals surface area contributed by atoms with Crippen LogP contribution in [-0.4, -0.2) is 53.3 Å². The fourth-order valence-electron chi connectivity index (χ4n) is 3.59. The highest BCUT2D eigenvalue weighted by Gasteiger charge is 2.28. The highest BCUT2D eigenvalue weighted by Crippen LogP contribution is 2.17. The molecule has 1 saturated heterocycles. The lowest BCUT2D eigenvalue weighted by Crippen LogP contribution is -2.46. The van der Waals surface area contributed by atoms with Gasteiger partial charge in [0.15, 0.2) is 0 Å². The Kier molecular flexibility index (Phi) is 8.02. The molecule has 1 aliphatic heterocycles. The second-order valence-electron chi connectivity index (χ2n) is 8.26. The van der Waals surface area contributed by atoms with E-state index < -0.39 is 28.8 Å². The van der Waals surface area contributed by atoms with Gasteiger partial charge in [-0.2, -0.15) is 0 Å². The van der Waals surface area contributed by atoms with Crippen LogP contribution in [0.4, 0.5) is 10.1 Å². The third kappa shape index (κ3) is 6.39. The topological polar surface area (TPSA) is 87.7 Å². The zero-order valence-corrected chi connectivity index (χ0v) is 20.0. The van der Waals surface area contributed by atoms with Crippen molar-refractivity contribution in [2.75, 3.05) is 25.6 Å². The number of hydrogen-bond donors (Lipinski definition) is 2. The Morgan fingerprint density at radius 2 is 1.69 bits per heavy atom. The number of nitrogens with zero attached hydrogens (tertiary/aromatic N) is 1. The lowest BCUT2D eigenvalue weighted by molar-refractivity contribution is -0.120. The molecule has 0 saturated carbocycles. The molecule has 3 aromatic rings. The lowest BCUT2D eigenvalue weighted by Gasteiger charge is -2.28. The van der Waals surface area contributed by atoms with E-state index in [-0.39, 0.29) is 17.5 Å². The number of amides is 2. The molecule has 2 atom stereocenters. The van der Waals surface area contributed by atoms with Gasteiger partial charge in [0, 0.05) is 24.7 Å². The molecule has 2 N–H and O–H groups in total. The molecule has 9 heteroatoms. The zero-order chi connectivity index (χ0) is 24.8. The summed E-state index contributed by atoms with van der Waals surface area (Å²) in [6.45, 7) is 1.07. The lowest BCUT2D eigenvalue weighted by atomic mass is 10.0. The molecule has 182 valence electrons. The van der Waals surface area contributed by atoms with Crippen LogP contribution in [0.15, 0.2) is 83.8 Å². The van der Waals surface area contributed by atoms with Gasteiger partial charge < -0.3 is 15.0 Å². The molecular weight excluding hydrogens is 469 g/mol. The average Bonchev–Trinajstić information content (AvgIpc) is 2.85. The van der Waals surface area contributed by atoms with Crippen molar-refractivity contribution in [3.05, 3.63) is 95.8 Å². The molecule has 0 aromatic heterocycles. The first-order chi connectivity index (χ1) is 16.9. The standard InChI is InChI=1S/C26H26FN3O4S/c1-30(26(32)19-7-9-20(27)10-8-19)24(15-18-5-3-2-4-6-18)25(31)28-21-11-13-23(14-12-21)35(33)29-22-16-34-17-22/h2-14,22,24,29H,15-17H2,1H3,(H,28,31). The van der Waals surface area contributed by atoms with Crippen molar-refractivity contribution in [1.82, 2.24) is 9.62 Å². The summed E-state index contributed by atoms with van der Waals surface area (Å²) in [5, 5.41) is 2.86. The van der Waals surface area contributed by atoms with E-state index >= 15 is 0 Å². The van der Waals surface area contributed by atoms with Crippen molar-refractivity contribution in [2.45, 2.75) is 23.4 Å². The Morgan fingerprint density at radius 3 is 2.29 bits per heavy atom. The smallest absolute Gasteiger partial charge is 0.254 e. The van der Waals surface area contributed by atoms with Gasteiger partial charge >= 0.3 is 0 Å². The molecule has 4 rings (SSSR count). The number of carbonyl (C=O) groups excluding carboxylic acids is 2. The van der Waals surface area contributed by atoms with Gasteiger partial charge in [0.25, 0.3) is 5.91 Å². The van der Waals surface area contributed by atoms with E-state index in [4.69, 9.17) is 4.74 Å². The normalized spacial score (nSPS) is 15.0. The second kappa shape index (κ2) is 11.4. The fourth-order valence-corrected chi connectivity index (χ4v) is 4.55. The average molecular weight is 496 g/mol.